The molecule has 1 atom stereocenters. The summed E-state index contributed by atoms with van der Waals surface area (Å²) in [6.07, 6.45) is -1.02. The summed E-state index contributed by atoms with van der Waals surface area (Å²) in [6.45, 7) is 4.20. The molecule has 1 unspecified atom stereocenters. The number of hydrogen-bond donors (Lipinski definition) is 1. The van der Waals surface area contributed by atoms with Crippen LogP contribution in [0.15, 0.2) is 35.9 Å². The fourth-order valence-electron chi connectivity index (χ4n) is 2.84. The lowest BCUT2D eigenvalue weighted by molar-refractivity contribution is -0.274. The number of hydrogen-bond acceptors (Lipinski definition) is 2. The van der Waals surface area contributed by atoms with E-state index in [0.717, 1.165) is 24.0 Å². The molecule has 0 radical (unpaired) electrons. The molecule has 0 amide bonds. The van der Waals surface area contributed by atoms with Crippen LogP contribution in [0.4, 0.5) is 13.2 Å². The highest BCUT2D eigenvalue weighted by molar-refractivity contribution is 5.31. The second kappa shape index (κ2) is 5.72. The lowest BCUT2D eigenvalue weighted by atomic mass is 9.75. The molecule has 0 bridgehead atoms. The predicted octanol–water partition coefficient (Wildman–Crippen LogP) is 4.24. The third kappa shape index (κ3) is 5.08. The van der Waals surface area contributed by atoms with Crippen LogP contribution < -0.4 is 4.74 Å². The minimum Gasteiger partial charge on any atom is -0.406 e. The van der Waals surface area contributed by atoms with Gasteiger partial charge in [-0.1, -0.05) is 37.6 Å². The van der Waals surface area contributed by atoms with Gasteiger partial charge < -0.3 is 9.84 Å². The highest BCUT2D eigenvalue weighted by Crippen LogP contribution is 2.36. The molecule has 2 rings (SSSR count). The highest BCUT2D eigenvalue weighted by Gasteiger charge is 2.31. The first-order valence-electron chi connectivity index (χ1n) is 6.85. The maximum Gasteiger partial charge on any atom is 0.573 e. The monoisotopic (exact) mass is 300 g/mol. The molecular formula is C16H19F3O2. The molecule has 0 heterocycles. The molecule has 5 heteroatoms. The Kier molecular flexibility index (Phi) is 4.33. The largest absolute Gasteiger partial charge is 0.573 e. The van der Waals surface area contributed by atoms with Gasteiger partial charge in [-0.05, 0) is 42.4 Å². The summed E-state index contributed by atoms with van der Waals surface area (Å²) in [5, 5.41) is 9.84. The van der Waals surface area contributed by atoms with Crippen LogP contribution in [0.5, 0.6) is 5.75 Å². The van der Waals surface area contributed by atoms with Gasteiger partial charge in [0, 0.05) is 0 Å². The first kappa shape index (κ1) is 15.9. The number of ether oxygens (including phenoxy) is 1. The van der Waals surface area contributed by atoms with Gasteiger partial charge in [0.2, 0.25) is 0 Å². The average molecular weight is 300 g/mol. The summed E-state index contributed by atoms with van der Waals surface area (Å²) in [4.78, 5) is 0. The molecule has 0 aliphatic heterocycles. The Morgan fingerprint density at radius 1 is 1.24 bits per heavy atom. The summed E-state index contributed by atoms with van der Waals surface area (Å²) in [5.41, 5.74) is 2.06. The Morgan fingerprint density at radius 2 is 1.86 bits per heavy atom. The van der Waals surface area contributed by atoms with E-state index >= 15 is 0 Å². The van der Waals surface area contributed by atoms with E-state index in [1.807, 2.05) is 6.08 Å². The van der Waals surface area contributed by atoms with Crippen molar-refractivity contribution in [3.8, 4) is 5.75 Å². The van der Waals surface area contributed by atoms with Crippen molar-refractivity contribution in [1.82, 2.24) is 0 Å². The van der Waals surface area contributed by atoms with E-state index in [9.17, 15) is 18.3 Å². The van der Waals surface area contributed by atoms with Crippen LogP contribution in [0.1, 0.15) is 32.3 Å². The summed E-state index contributed by atoms with van der Waals surface area (Å²) >= 11 is 0. The van der Waals surface area contributed by atoms with Gasteiger partial charge in [-0.25, -0.2) is 0 Å². The second-order valence-electron chi connectivity index (χ2n) is 6.31. The van der Waals surface area contributed by atoms with E-state index in [-0.39, 0.29) is 11.2 Å². The topological polar surface area (TPSA) is 29.5 Å². The number of halogens is 3. The Labute approximate surface area is 122 Å². The van der Waals surface area contributed by atoms with Gasteiger partial charge in [-0.15, -0.1) is 13.2 Å². The fraction of sp³-hybridized carbons (Fsp3) is 0.500. The van der Waals surface area contributed by atoms with E-state index < -0.39 is 12.5 Å². The lowest BCUT2D eigenvalue weighted by Crippen LogP contribution is -2.25. The third-order valence-corrected chi connectivity index (χ3v) is 3.48. The second-order valence-corrected chi connectivity index (χ2v) is 6.31. The number of allylic oxidation sites excluding steroid dienone is 1. The number of aliphatic hydroxyl groups excluding tert-OH is 1. The van der Waals surface area contributed by atoms with Crippen molar-refractivity contribution in [3.05, 3.63) is 41.5 Å². The number of aliphatic hydroxyl groups is 1. The number of alkyl halides is 3. The lowest BCUT2D eigenvalue weighted by Gasteiger charge is -2.32. The van der Waals surface area contributed by atoms with Crippen LogP contribution in [0.2, 0.25) is 0 Å². The van der Waals surface area contributed by atoms with Gasteiger partial charge in [-0.2, -0.15) is 0 Å². The minimum absolute atomic E-state index is 0.0445. The Balaban J connectivity index is 2.04. The minimum atomic E-state index is -4.67. The summed E-state index contributed by atoms with van der Waals surface area (Å²) < 4.78 is 40.1. The third-order valence-electron chi connectivity index (χ3n) is 3.48. The highest BCUT2D eigenvalue weighted by atomic mass is 19.4. The fourth-order valence-corrected chi connectivity index (χ4v) is 2.84. The Morgan fingerprint density at radius 3 is 2.38 bits per heavy atom. The molecule has 0 saturated heterocycles. The van der Waals surface area contributed by atoms with Gasteiger partial charge in [0.1, 0.15) is 5.75 Å². The first-order chi connectivity index (χ1) is 9.63. The van der Waals surface area contributed by atoms with Gasteiger partial charge in [0.05, 0.1) is 6.10 Å². The standard InChI is InChI=1S/C16H19F3O2/c1-15(2)9-12(8-13(20)10-15)7-11-3-5-14(6-4-11)21-16(17,18)19/h3-6,8,13,20H,7,9-10H2,1-2H3. The Hall–Kier alpha value is -1.49. The van der Waals surface area contributed by atoms with Crippen LogP contribution in [0, 0.1) is 5.41 Å². The molecule has 1 aromatic carbocycles. The molecule has 0 saturated carbocycles. The summed E-state index contributed by atoms with van der Waals surface area (Å²) in [6, 6.07) is 5.87. The molecule has 1 aromatic rings. The first-order valence-corrected chi connectivity index (χ1v) is 6.85. The van der Waals surface area contributed by atoms with E-state index in [1.54, 1.807) is 12.1 Å². The van der Waals surface area contributed by atoms with E-state index in [4.69, 9.17) is 0 Å². The molecular weight excluding hydrogens is 281 g/mol. The van der Waals surface area contributed by atoms with E-state index in [1.165, 1.54) is 12.1 Å². The smallest absolute Gasteiger partial charge is 0.406 e. The van der Waals surface area contributed by atoms with Gasteiger partial charge in [0.15, 0.2) is 0 Å². The van der Waals surface area contributed by atoms with Crippen molar-refractivity contribution in [2.75, 3.05) is 0 Å². The van der Waals surface area contributed by atoms with Crippen molar-refractivity contribution >= 4 is 0 Å². The predicted molar refractivity (Wildman–Crippen MR) is 73.9 cm³/mol. The van der Waals surface area contributed by atoms with Crippen LogP contribution in [0.25, 0.3) is 0 Å². The molecule has 1 N–H and O–H groups in total. The zero-order valence-electron chi connectivity index (χ0n) is 12.1. The van der Waals surface area contributed by atoms with Gasteiger partial charge in [-0.3, -0.25) is 0 Å². The molecule has 1 aliphatic rings. The summed E-state index contributed by atoms with van der Waals surface area (Å²) in [7, 11) is 0. The van der Waals surface area contributed by atoms with Crippen molar-refractivity contribution in [1.29, 1.82) is 0 Å². The van der Waals surface area contributed by atoms with Crippen molar-refractivity contribution in [3.63, 3.8) is 0 Å². The molecule has 116 valence electrons. The molecule has 21 heavy (non-hydrogen) atoms. The van der Waals surface area contributed by atoms with E-state index in [0.29, 0.717) is 6.42 Å². The van der Waals surface area contributed by atoms with Crippen molar-refractivity contribution < 1.29 is 23.0 Å². The van der Waals surface area contributed by atoms with Crippen LogP contribution in [0.3, 0.4) is 0 Å². The maximum atomic E-state index is 12.1. The molecule has 1 aliphatic carbocycles. The van der Waals surface area contributed by atoms with Gasteiger partial charge >= 0.3 is 6.36 Å². The number of rotatable bonds is 3. The molecule has 0 spiro atoms. The molecule has 0 fully saturated rings. The normalized spacial score (nSPS) is 21.8. The van der Waals surface area contributed by atoms with Crippen LogP contribution in [-0.4, -0.2) is 17.6 Å². The zero-order valence-corrected chi connectivity index (χ0v) is 12.1. The number of benzene rings is 1. The zero-order chi connectivity index (χ0) is 15.7. The van der Waals surface area contributed by atoms with Crippen LogP contribution >= 0.6 is 0 Å². The summed E-state index contributed by atoms with van der Waals surface area (Å²) in [5.74, 6) is -0.218. The maximum absolute atomic E-state index is 12.1. The van der Waals surface area contributed by atoms with Crippen molar-refractivity contribution in [2.24, 2.45) is 5.41 Å². The van der Waals surface area contributed by atoms with Crippen LogP contribution in [-0.2, 0) is 6.42 Å². The van der Waals surface area contributed by atoms with Crippen molar-refractivity contribution in [2.45, 2.75) is 45.6 Å². The average Bonchev–Trinajstić information content (AvgIpc) is 2.27. The quantitative estimate of drug-likeness (QED) is 0.846. The Bertz CT molecular complexity index is 515. The SMILES string of the molecule is CC1(C)CC(Cc2ccc(OC(F)(F)F)cc2)=CC(O)C1. The molecule has 2 nitrogen and oxygen atoms in total. The van der Waals surface area contributed by atoms with Gasteiger partial charge in [0.25, 0.3) is 0 Å². The van der Waals surface area contributed by atoms with E-state index in [2.05, 4.69) is 18.6 Å². The molecule has 0 aromatic heterocycles.